The zero-order chi connectivity index (χ0) is 18.2. The van der Waals surface area contributed by atoms with E-state index in [9.17, 15) is 0 Å². The predicted octanol–water partition coefficient (Wildman–Crippen LogP) is 4.01. The molecule has 1 aromatic heterocycles. The molecule has 2 aliphatic heterocycles. The van der Waals surface area contributed by atoms with Crippen LogP contribution >= 0.6 is 0 Å². The molecule has 0 bridgehead atoms. The van der Waals surface area contributed by atoms with E-state index in [1.807, 2.05) is 6.20 Å². The van der Waals surface area contributed by atoms with Crippen LogP contribution < -0.4 is 10.1 Å². The third kappa shape index (κ3) is 3.42. The topological polar surface area (TPSA) is 40.3 Å². The van der Waals surface area contributed by atoms with Gasteiger partial charge in [-0.25, -0.2) is 0 Å². The molecule has 3 aliphatic rings. The van der Waals surface area contributed by atoms with Crippen molar-refractivity contribution in [2.75, 3.05) is 26.7 Å². The largest absolute Gasteiger partial charge is 0.493 e. The molecule has 1 aromatic carbocycles. The first kappa shape index (κ1) is 16.7. The molecule has 4 heteroatoms. The zero-order valence-electron chi connectivity index (χ0n) is 15.9. The van der Waals surface area contributed by atoms with Crippen LogP contribution in [0.25, 0.3) is 11.1 Å². The summed E-state index contributed by atoms with van der Waals surface area (Å²) in [5.74, 6) is 1.75. The van der Waals surface area contributed by atoms with E-state index < -0.39 is 0 Å². The van der Waals surface area contributed by atoms with E-state index in [2.05, 4.69) is 58.8 Å². The number of rotatable bonds is 5. The van der Waals surface area contributed by atoms with E-state index >= 15 is 0 Å². The number of nitrogens with one attached hydrogen (secondary N) is 2. The van der Waals surface area contributed by atoms with Crippen LogP contribution in [0.15, 0.2) is 42.7 Å². The van der Waals surface area contributed by atoms with Gasteiger partial charge in [-0.2, -0.15) is 0 Å². The Labute approximate surface area is 160 Å². The highest BCUT2D eigenvalue weighted by molar-refractivity contribution is 5.86. The van der Waals surface area contributed by atoms with Gasteiger partial charge in [0.05, 0.1) is 13.2 Å². The first-order chi connectivity index (χ1) is 13.3. The summed E-state index contributed by atoms with van der Waals surface area (Å²) in [5.41, 5.74) is 7.77. The van der Waals surface area contributed by atoms with E-state index in [-0.39, 0.29) is 0 Å². The fourth-order valence-electron chi connectivity index (χ4n) is 4.03. The van der Waals surface area contributed by atoms with Gasteiger partial charge >= 0.3 is 0 Å². The molecule has 27 heavy (non-hydrogen) atoms. The average Bonchev–Trinajstić information content (AvgIpc) is 3.42. The molecule has 1 saturated carbocycles. The van der Waals surface area contributed by atoms with Gasteiger partial charge in [0.15, 0.2) is 0 Å². The Morgan fingerprint density at radius 1 is 1.19 bits per heavy atom. The summed E-state index contributed by atoms with van der Waals surface area (Å²) in [6.45, 7) is 3.76. The lowest BCUT2D eigenvalue weighted by Gasteiger charge is -2.25. The molecule has 4 nitrogen and oxygen atoms in total. The lowest BCUT2D eigenvalue weighted by molar-refractivity contribution is 0.299. The number of H-pyrrole nitrogens is 1. The van der Waals surface area contributed by atoms with Crippen molar-refractivity contribution in [3.8, 4) is 5.75 Å². The molecule has 0 atom stereocenters. The van der Waals surface area contributed by atoms with Crippen LogP contribution in [0.3, 0.4) is 0 Å². The number of aromatic nitrogens is 1. The second-order valence-corrected chi connectivity index (χ2v) is 7.98. The van der Waals surface area contributed by atoms with Gasteiger partial charge in [-0.05, 0) is 61.1 Å². The average molecular weight is 361 g/mol. The Kier molecular flexibility index (Phi) is 4.29. The Balaban J connectivity index is 1.57. The van der Waals surface area contributed by atoms with E-state index in [1.54, 1.807) is 0 Å². The molecular formula is C23H27N3O. The fraction of sp³-hybridized carbons (Fsp3) is 0.391. The number of nitrogens with zero attached hydrogens (tertiary/aromatic N) is 1. The van der Waals surface area contributed by atoms with E-state index in [0.29, 0.717) is 0 Å². The number of fused-ring (bicyclic) bond motifs is 1. The van der Waals surface area contributed by atoms with Gasteiger partial charge < -0.3 is 19.9 Å². The van der Waals surface area contributed by atoms with Gasteiger partial charge in [-0.1, -0.05) is 12.1 Å². The van der Waals surface area contributed by atoms with Crippen LogP contribution in [-0.2, 0) is 6.54 Å². The van der Waals surface area contributed by atoms with Crippen molar-refractivity contribution in [3.05, 3.63) is 65.1 Å². The zero-order valence-corrected chi connectivity index (χ0v) is 15.9. The number of ether oxygens (including phenoxy) is 1. The standard InChI is InChI=1S/C23H27N3O/c1-26-13-21(19-8-11-25-22(19)14-26)20-12-18(17-6-9-24-10-7-17)4-5-23(20)27-15-16-2-3-16/h4-6,8,11-13,16,24-25H,2-3,7,9-10,14-15H2,1H3. The molecule has 2 N–H and O–H groups in total. The molecular weight excluding hydrogens is 334 g/mol. The molecule has 0 spiro atoms. The maximum atomic E-state index is 6.28. The maximum Gasteiger partial charge on any atom is 0.127 e. The van der Waals surface area contributed by atoms with Crippen LogP contribution in [0.2, 0.25) is 0 Å². The van der Waals surface area contributed by atoms with Crippen LogP contribution in [-0.4, -0.2) is 36.6 Å². The highest BCUT2D eigenvalue weighted by Crippen LogP contribution is 2.39. The molecule has 2 aromatic rings. The summed E-state index contributed by atoms with van der Waals surface area (Å²) < 4.78 is 6.28. The molecule has 1 aliphatic carbocycles. The number of aromatic amines is 1. The first-order valence-corrected chi connectivity index (χ1v) is 10.0. The van der Waals surface area contributed by atoms with Crippen LogP contribution in [0.5, 0.6) is 5.75 Å². The predicted molar refractivity (Wildman–Crippen MR) is 109 cm³/mol. The highest BCUT2D eigenvalue weighted by atomic mass is 16.5. The summed E-state index contributed by atoms with van der Waals surface area (Å²) in [4.78, 5) is 5.65. The van der Waals surface area contributed by atoms with Crippen LogP contribution in [0.4, 0.5) is 0 Å². The van der Waals surface area contributed by atoms with Crippen LogP contribution in [0.1, 0.15) is 41.6 Å². The summed E-state index contributed by atoms with van der Waals surface area (Å²) in [5, 5.41) is 3.41. The molecule has 140 valence electrons. The minimum absolute atomic E-state index is 0.746. The minimum Gasteiger partial charge on any atom is -0.493 e. The lowest BCUT2D eigenvalue weighted by atomic mass is 9.91. The molecule has 0 saturated heterocycles. The highest BCUT2D eigenvalue weighted by Gasteiger charge is 2.25. The Morgan fingerprint density at radius 3 is 2.93 bits per heavy atom. The van der Waals surface area contributed by atoms with Crippen molar-refractivity contribution < 1.29 is 4.74 Å². The van der Waals surface area contributed by atoms with Gasteiger partial charge in [0.25, 0.3) is 0 Å². The maximum absolute atomic E-state index is 6.28. The Morgan fingerprint density at radius 2 is 2.11 bits per heavy atom. The second-order valence-electron chi connectivity index (χ2n) is 7.98. The van der Waals surface area contributed by atoms with Gasteiger partial charge in [-0.15, -0.1) is 0 Å². The SMILES string of the molecule is CN1C=C(c2cc(C3=CCNCC3)ccc2OCC2CC2)c2cc[nH]c2C1. The smallest absolute Gasteiger partial charge is 0.127 e. The molecule has 0 radical (unpaired) electrons. The van der Waals surface area contributed by atoms with E-state index in [0.717, 1.165) is 44.3 Å². The van der Waals surface area contributed by atoms with Gasteiger partial charge in [0.1, 0.15) is 5.75 Å². The third-order valence-corrected chi connectivity index (χ3v) is 5.76. The Hall–Kier alpha value is -2.46. The first-order valence-electron chi connectivity index (χ1n) is 10.0. The number of benzene rings is 1. The molecule has 3 heterocycles. The van der Waals surface area contributed by atoms with Crippen molar-refractivity contribution in [3.63, 3.8) is 0 Å². The van der Waals surface area contributed by atoms with Crippen molar-refractivity contribution in [2.24, 2.45) is 5.92 Å². The van der Waals surface area contributed by atoms with Crippen molar-refractivity contribution >= 4 is 11.1 Å². The summed E-state index contributed by atoms with van der Waals surface area (Å²) in [6.07, 6.45) is 10.3. The monoisotopic (exact) mass is 361 g/mol. The van der Waals surface area contributed by atoms with Gasteiger partial charge in [0.2, 0.25) is 0 Å². The van der Waals surface area contributed by atoms with E-state index in [1.165, 1.54) is 46.4 Å². The Bertz CT molecular complexity index is 904. The van der Waals surface area contributed by atoms with Gasteiger partial charge in [0, 0.05) is 48.4 Å². The van der Waals surface area contributed by atoms with E-state index in [4.69, 9.17) is 4.74 Å². The summed E-state index contributed by atoms with van der Waals surface area (Å²) >= 11 is 0. The molecule has 0 unspecified atom stereocenters. The quantitative estimate of drug-likeness (QED) is 0.845. The normalized spacial score (nSPS) is 19.4. The second kappa shape index (κ2) is 6.93. The van der Waals surface area contributed by atoms with Gasteiger partial charge in [-0.3, -0.25) is 0 Å². The number of hydrogen-bond donors (Lipinski definition) is 2. The summed E-state index contributed by atoms with van der Waals surface area (Å²) in [6, 6.07) is 8.93. The third-order valence-electron chi connectivity index (χ3n) is 5.76. The van der Waals surface area contributed by atoms with Crippen molar-refractivity contribution in [1.82, 2.24) is 15.2 Å². The molecule has 0 amide bonds. The summed E-state index contributed by atoms with van der Waals surface area (Å²) in [7, 11) is 2.13. The van der Waals surface area contributed by atoms with Crippen LogP contribution in [0, 0.1) is 5.92 Å². The van der Waals surface area contributed by atoms with Crippen molar-refractivity contribution in [1.29, 1.82) is 0 Å². The minimum atomic E-state index is 0.746. The fourth-order valence-corrected chi connectivity index (χ4v) is 4.03. The molecule has 1 fully saturated rings. The molecule has 5 rings (SSSR count). The lowest BCUT2D eigenvalue weighted by Crippen LogP contribution is -2.20. The van der Waals surface area contributed by atoms with Crippen molar-refractivity contribution in [2.45, 2.75) is 25.8 Å². The number of hydrogen-bond acceptors (Lipinski definition) is 3.